The van der Waals surface area contributed by atoms with Crippen LogP contribution in [0.5, 0.6) is 5.75 Å². The van der Waals surface area contributed by atoms with E-state index in [0.717, 1.165) is 18.5 Å². The van der Waals surface area contributed by atoms with Gasteiger partial charge in [0.25, 0.3) is 0 Å². The van der Waals surface area contributed by atoms with Gasteiger partial charge in [-0.2, -0.15) is 5.10 Å². The minimum Gasteiger partial charge on any atom is -0.495 e. The number of aromatic carboxylic acids is 1. The lowest BCUT2D eigenvalue weighted by atomic mass is 10.2. The molecule has 112 valence electrons. The van der Waals surface area contributed by atoms with Crippen molar-refractivity contribution in [2.45, 2.75) is 26.4 Å². The minimum atomic E-state index is -0.962. The maximum atomic E-state index is 11.0. The Hall–Kier alpha value is -2.50. The molecular formula is C15H19N3O3. The van der Waals surface area contributed by atoms with E-state index in [4.69, 9.17) is 9.84 Å². The summed E-state index contributed by atoms with van der Waals surface area (Å²) in [4.78, 5) is 11.0. The first kappa shape index (κ1) is 14.9. The molecule has 2 N–H and O–H groups in total. The lowest BCUT2D eigenvalue weighted by Crippen LogP contribution is -2.04. The molecule has 0 aliphatic rings. The van der Waals surface area contributed by atoms with Gasteiger partial charge in [0.2, 0.25) is 0 Å². The minimum absolute atomic E-state index is 0.222. The summed E-state index contributed by atoms with van der Waals surface area (Å²) < 4.78 is 7.13. The van der Waals surface area contributed by atoms with Gasteiger partial charge in [0.15, 0.2) is 0 Å². The van der Waals surface area contributed by atoms with Crippen LogP contribution in [0.3, 0.4) is 0 Å². The van der Waals surface area contributed by atoms with Gasteiger partial charge < -0.3 is 15.2 Å². The molecule has 0 fully saturated rings. The van der Waals surface area contributed by atoms with Gasteiger partial charge in [-0.25, -0.2) is 4.79 Å². The Morgan fingerprint density at radius 2 is 2.29 bits per heavy atom. The Morgan fingerprint density at radius 3 is 2.95 bits per heavy atom. The molecule has 0 aliphatic heterocycles. The topological polar surface area (TPSA) is 76.4 Å². The van der Waals surface area contributed by atoms with Crippen molar-refractivity contribution in [3.63, 3.8) is 0 Å². The Kier molecular flexibility index (Phi) is 4.81. The molecule has 6 heteroatoms. The lowest BCUT2D eigenvalue weighted by Gasteiger charge is -2.11. The molecule has 0 amide bonds. The number of benzene rings is 1. The van der Waals surface area contributed by atoms with Crippen LogP contribution >= 0.6 is 0 Å². The zero-order valence-electron chi connectivity index (χ0n) is 12.2. The molecule has 0 radical (unpaired) electrons. The van der Waals surface area contributed by atoms with E-state index < -0.39 is 5.97 Å². The van der Waals surface area contributed by atoms with E-state index in [1.807, 2.05) is 10.9 Å². The zero-order chi connectivity index (χ0) is 15.2. The maximum absolute atomic E-state index is 11.0. The third kappa shape index (κ3) is 3.75. The van der Waals surface area contributed by atoms with Crippen molar-refractivity contribution >= 4 is 11.7 Å². The van der Waals surface area contributed by atoms with Crippen LogP contribution in [0.1, 0.15) is 29.3 Å². The van der Waals surface area contributed by atoms with Crippen LogP contribution in [0.2, 0.25) is 0 Å². The molecule has 0 spiro atoms. The summed E-state index contributed by atoms with van der Waals surface area (Å²) in [6.45, 7) is 3.54. The van der Waals surface area contributed by atoms with E-state index in [-0.39, 0.29) is 5.56 Å². The fraction of sp³-hybridized carbons (Fsp3) is 0.333. The van der Waals surface area contributed by atoms with E-state index in [1.165, 1.54) is 6.07 Å². The van der Waals surface area contributed by atoms with Crippen LogP contribution in [0, 0.1) is 0 Å². The summed E-state index contributed by atoms with van der Waals surface area (Å²) >= 11 is 0. The first-order valence-corrected chi connectivity index (χ1v) is 6.80. The summed E-state index contributed by atoms with van der Waals surface area (Å²) in [6, 6.07) is 4.73. The Balaban J connectivity index is 2.10. The van der Waals surface area contributed by atoms with Crippen LogP contribution < -0.4 is 10.1 Å². The second-order valence-electron chi connectivity index (χ2n) is 4.69. The Labute approximate surface area is 123 Å². The molecule has 1 heterocycles. The van der Waals surface area contributed by atoms with Gasteiger partial charge >= 0.3 is 5.97 Å². The molecule has 1 aromatic heterocycles. The zero-order valence-corrected chi connectivity index (χ0v) is 12.2. The summed E-state index contributed by atoms with van der Waals surface area (Å²) in [5.41, 5.74) is 1.91. The number of hydrogen-bond donors (Lipinski definition) is 2. The van der Waals surface area contributed by atoms with E-state index >= 15 is 0 Å². The Morgan fingerprint density at radius 1 is 1.48 bits per heavy atom. The molecule has 0 atom stereocenters. The van der Waals surface area contributed by atoms with E-state index in [9.17, 15) is 4.79 Å². The highest BCUT2D eigenvalue weighted by Gasteiger charge is 2.09. The van der Waals surface area contributed by atoms with Crippen molar-refractivity contribution in [3.05, 3.63) is 41.7 Å². The number of carboxylic acids is 1. The number of ether oxygens (including phenoxy) is 1. The second kappa shape index (κ2) is 6.78. The number of anilines is 1. The summed E-state index contributed by atoms with van der Waals surface area (Å²) in [6.07, 6.45) is 4.81. The molecule has 0 aliphatic carbocycles. The van der Waals surface area contributed by atoms with Crippen LogP contribution in [-0.4, -0.2) is 28.0 Å². The average molecular weight is 289 g/mol. The number of methoxy groups -OCH3 is 1. The molecule has 2 rings (SSSR count). The number of carboxylic acid groups (broad SMARTS) is 1. The number of aromatic nitrogens is 2. The third-order valence-corrected chi connectivity index (χ3v) is 3.07. The first-order chi connectivity index (χ1) is 10.1. The van der Waals surface area contributed by atoms with Crippen molar-refractivity contribution in [1.82, 2.24) is 9.78 Å². The van der Waals surface area contributed by atoms with Gasteiger partial charge in [-0.1, -0.05) is 6.92 Å². The maximum Gasteiger partial charge on any atom is 0.335 e. The average Bonchev–Trinajstić information content (AvgIpc) is 2.92. The standard InChI is InChI=1S/C15H19N3O3/c1-3-6-18-10-11(9-17-18)8-16-13-7-12(15(19)20)4-5-14(13)21-2/h4-5,7,9-10,16H,3,6,8H2,1-2H3,(H,19,20). The van der Waals surface area contributed by atoms with Gasteiger partial charge in [-0.15, -0.1) is 0 Å². The summed E-state index contributed by atoms with van der Waals surface area (Å²) in [5, 5.41) is 16.5. The van der Waals surface area contributed by atoms with Gasteiger partial charge in [-0.3, -0.25) is 4.68 Å². The van der Waals surface area contributed by atoms with Crippen LogP contribution in [0.15, 0.2) is 30.6 Å². The van der Waals surface area contributed by atoms with Crippen LogP contribution in [0.4, 0.5) is 5.69 Å². The van der Waals surface area contributed by atoms with Gasteiger partial charge in [0.05, 0.1) is 24.6 Å². The number of hydrogen-bond acceptors (Lipinski definition) is 4. The second-order valence-corrected chi connectivity index (χ2v) is 4.69. The van der Waals surface area contributed by atoms with Crippen LogP contribution in [-0.2, 0) is 13.1 Å². The predicted molar refractivity (Wildman–Crippen MR) is 79.8 cm³/mol. The molecule has 0 unspecified atom stereocenters. The van der Waals surface area contributed by atoms with E-state index in [1.54, 1.807) is 25.4 Å². The number of aryl methyl sites for hydroxylation is 1. The van der Waals surface area contributed by atoms with E-state index in [0.29, 0.717) is 18.0 Å². The largest absolute Gasteiger partial charge is 0.495 e. The fourth-order valence-electron chi connectivity index (χ4n) is 2.03. The van der Waals surface area contributed by atoms with Crippen molar-refractivity contribution in [2.75, 3.05) is 12.4 Å². The normalized spacial score (nSPS) is 10.4. The van der Waals surface area contributed by atoms with Crippen LogP contribution in [0.25, 0.3) is 0 Å². The summed E-state index contributed by atoms with van der Waals surface area (Å²) in [5.74, 6) is -0.350. The highest BCUT2D eigenvalue weighted by Crippen LogP contribution is 2.26. The van der Waals surface area contributed by atoms with Crippen molar-refractivity contribution in [2.24, 2.45) is 0 Å². The molecule has 1 aromatic carbocycles. The van der Waals surface area contributed by atoms with E-state index in [2.05, 4.69) is 17.3 Å². The number of rotatable bonds is 7. The highest BCUT2D eigenvalue weighted by molar-refractivity contribution is 5.89. The monoisotopic (exact) mass is 289 g/mol. The number of carbonyl (C=O) groups is 1. The third-order valence-electron chi connectivity index (χ3n) is 3.07. The first-order valence-electron chi connectivity index (χ1n) is 6.80. The van der Waals surface area contributed by atoms with Gasteiger partial charge in [0, 0.05) is 24.8 Å². The molecule has 21 heavy (non-hydrogen) atoms. The van der Waals surface area contributed by atoms with Crippen molar-refractivity contribution in [3.8, 4) is 5.75 Å². The predicted octanol–water partition coefficient (Wildman–Crippen LogP) is 2.61. The highest BCUT2D eigenvalue weighted by atomic mass is 16.5. The molecule has 0 saturated heterocycles. The fourth-order valence-corrected chi connectivity index (χ4v) is 2.03. The van der Waals surface area contributed by atoms with Gasteiger partial charge in [-0.05, 0) is 24.6 Å². The Bertz CT molecular complexity index is 622. The van der Waals surface area contributed by atoms with Crippen molar-refractivity contribution < 1.29 is 14.6 Å². The van der Waals surface area contributed by atoms with Gasteiger partial charge in [0.1, 0.15) is 5.75 Å². The molecule has 0 saturated carbocycles. The lowest BCUT2D eigenvalue weighted by molar-refractivity contribution is 0.0697. The quantitative estimate of drug-likeness (QED) is 0.819. The van der Waals surface area contributed by atoms with Crippen molar-refractivity contribution in [1.29, 1.82) is 0 Å². The summed E-state index contributed by atoms with van der Waals surface area (Å²) in [7, 11) is 1.56. The molecule has 2 aromatic rings. The smallest absolute Gasteiger partial charge is 0.335 e. The number of nitrogens with one attached hydrogen (secondary N) is 1. The number of nitrogens with zero attached hydrogens (tertiary/aromatic N) is 2. The SMILES string of the molecule is CCCn1cc(CNc2cc(C(=O)O)ccc2OC)cn1. The molecule has 6 nitrogen and oxygen atoms in total. The molecular weight excluding hydrogens is 270 g/mol. The molecule has 0 bridgehead atoms.